The summed E-state index contributed by atoms with van der Waals surface area (Å²) in [7, 11) is -2.50. The van der Waals surface area contributed by atoms with Gasteiger partial charge in [0, 0.05) is 12.1 Å². The molecule has 0 saturated heterocycles. The first-order valence-electron chi connectivity index (χ1n) is 6.63. The predicted octanol–water partition coefficient (Wildman–Crippen LogP) is 1.51. The van der Waals surface area contributed by atoms with E-state index in [0.29, 0.717) is 11.5 Å². The van der Waals surface area contributed by atoms with E-state index in [-0.39, 0.29) is 12.5 Å². The van der Waals surface area contributed by atoms with E-state index >= 15 is 0 Å². The SMILES string of the molecule is COc1ccc(C(=O)NCCS(=O)(=O)O)cc1CC(C)C. The van der Waals surface area contributed by atoms with Gasteiger partial charge in [0.05, 0.1) is 12.9 Å². The molecule has 0 saturated carbocycles. The minimum atomic E-state index is -4.07. The van der Waals surface area contributed by atoms with Crippen LogP contribution in [0.4, 0.5) is 0 Å². The molecular formula is C14H21NO5S. The molecule has 1 aromatic rings. The molecule has 118 valence electrons. The molecule has 2 N–H and O–H groups in total. The zero-order valence-electron chi connectivity index (χ0n) is 12.4. The van der Waals surface area contributed by atoms with Crippen LogP contribution in [-0.4, -0.2) is 38.3 Å². The summed E-state index contributed by atoms with van der Waals surface area (Å²) in [5.41, 5.74) is 1.36. The molecule has 0 spiro atoms. The molecule has 0 unspecified atom stereocenters. The smallest absolute Gasteiger partial charge is 0.266 e. The van der Waals surface area contributed by atoms with Crippen molar-refractivity contribution < 1.29 is 22.5 Å². The zero-order valence-corrected chi connectivity index (χ0v) is 13.2. The maximum atomic E-state index is 11.9. The van der Waals surface area contributed by atoms with Gasteiger partial charge in [-0.2, -0.15) is 8.42 Å². The maximum absolute atomic E-state index is 11.9. The minimum Gasteiger partial charge on any atom is -0.496 e. The summed E-state index contributed by atoms with van der Waals surface area (Å²) in [6.45, 7) is 4.00. The van der Waals surface area contributed by atoms with Crippen LogP contribution in [0.2, 0.25) is 0 Å². The van der Waals surface area contributed by atoms with E-state index in [1.807, 2.05) is 0 Å². The van der Waals surface area contributed by atoms with Gasteiger partial charge in [-0.15, -0.1) is 0 Å². The fourth-order valence-electron chi connectivity index (χ4n) is 1.91. The molecule has 7 heteroatoms. The highest BCUT2D eigenvalue weighted by Crippen LogP contribution is 2.22. The highest BCUT2D eigenvalue weighted by molar-refractivity contribution is 7.85. The number of amides is 1. The Balaban J connectivity index is 2.80. The van der Waals surface area contributed by atoms with Gasteiger partial charge in [0.1, 0.15) is 5.75 Å². The number of nitrogens with one attached hydrogen (secondary N) is 1. The molecule has 0 aromatic heterocycles. The summed E-state index contributed by atoms with van der Waals surface area (Å²) in [4.78, 5) is 11.9. The molecule has 0 aliphatic carbocycles. The fourth-order valence-corrected chi connectivity index (χ4v) is 2.27. The van der Waals surface area contributed by atoms with Gasteiger partial charge in [-0.1, -0.05) is 13.8 Å². The lowest BCUT2D eigenvalue weighted by Gasteiger charge is -2.12. The fraction of sp³-hybridized carbons (Fsp3) is 0.500. The van der Waals surface area contributed by atoms with Crippen LogP contribution in [0.15, 0.2) is 18.2 Å². The van der Waals surface area contributed by atoms with Gasteiger partial charge < -0.3 is 10.1 Å². The molecule has 0 fully saturated rings. The molecular weight excluding hydrogens is 294 g/mol. The number of hydrogen-bond donors (Lipinski definition) is 2. The lowest BCUT2D eigenvalue weighted by molar-refractivity contribution is 0.0956. The zero-order chi connectivity index (χ0) is 16.0. The summed E-state index contributed by atoms with van der Waals surface area (Å²) < 4.78 is 35.1. The van der Waals surface area contributed by atoms with Gasteiger partial charge in [0.2, 0.25) is 0 Å². The second kappa shape index (κ2) is 7.42. The average molecular weight is 315 g/mol. The summed E-state index contributed by atoms with van der Waals surface area (Å²) in [5.74, 6) is 0.245. The quantitative estimate of drug-likeness (QED) is 0.744. The lowest BCUT2D eigenvalue weighted by Crippen LogP contribution is -2.29. The second-order valence-electron chi connectivity index (χ2n) is 5.17. The van der Waals surface area contributed by atoms with E-state index in [2.05, 4.69) is 19.2 Å². The Morgan fingerprint density at radius 2 is 2.05 bits per heavy atom. The third kappa shape index (κ3) is 6.14. The van der Waals surface area contributed by atoms with Crippen molar-refractivity contribution in [2.75, 3.05) is 19.4 Å². The molecule has 1 aromatic carbocycles. The normalized spacial score (nSPS) is 11.5. The second-order valence-corrected chi connectivity index (χ2v) is 6.74. The Bertz CT molecular complexity index is 595. The molecule has 0 radical (unpaired) electrons. The summed E-state index contributed by atoms with van der Waals surface area (Å²) >= 11 is 0. The van der Waals surface area contributed by atoms with Crippen molar-refractivity contribution in [3.05, 3.63) is 29.3 Å². The van der Waals surface area contributed by atoms with Crippen LogP contribution < -0.4 is 10.1 Å². The Hall–Kier alpha value is -1.60. The topological polar surface area (TPSA) is 92.7 Å². The van der Waals surface area contributed by atoms with E-state index in [1.165, 1.54) is 0 Å². The molecule has 0 heterocycles. The highest BCUT2D eigenvalue weighted by Gasteiger charge is 2.12. The first kappa shape index (κ1) is 17.5. The Morgan fingerprint density at radius 3 is 2.57 bits per heavy atom. The maximum Gasteiger partial charge on any atom is 0.266 e. The number of benzene rings is 1. The standard InChI is InChI=1S/C14H21NO5S/c1-10(2)8-12-9-11(4-5-13(12)20-3)14(16)15-6-7-21(17,18)19/h4-5,9-10H,6-8H2,1-3H3,(H,15,16)(H,17,18,19). The van der Waals surface area contributed by atoms with Gasteiger partial charge >= 0.3 is 0 Å². The number of carbonyl (C=O) groups excluding carboxylic acids is 1. The largest absolute Gasteiger partial charge is 0.496 e. The Morgan fingerprint density at radius 1 is 1.38 bits per heavy atom. The summed E-state index contributed by atoms with van der Waals surface area (Å²) in [6, 6.07) is 5.07. The van der Waals surface area contributed by atoms with Gasteiger partial charge in [0.25, 0.3) is 16.0 Å². The van der Waals surface area contributed by atoms with Crippen LogP contribution in [0.3, 0.4) is 0 Å². The van der Waals surface area contributed by atoms with E-state index in [0.717, 1.165) is 17.7 Å². The van der Waals surface area contributed by atoms with Gasteiger partial charge in [-0.25, -0.2) is 0 Å². The van der Waals surface area contributed by atoms with Crippen molar-refractivity contribution in [2.45, 2.75) is 20.3 Å². The van der Waals surface area contributed by atoms with Crippen molar-refractivity contribution in [2.24, 2.45) is 5.92 Å². The van der Waals surface area contributed by atoms with Gasteiger partial charge in [0.15, 0.2) is 0 Å². The first-order valence-corrected chi connectivity index (χ1v) is 8.24. The first-order chi connectivity index (χ1) is 9.73. The number of carbonyl (C=O) groups is 1. The number of hydrogen-bond acceptors (Lipinski definition) is 4. The molecule has 0 atom stereocenters. The molecule has 6 nitrogen and oxygen atoms in total. The number of methoxy groups -OCH3 is 1. The van der Waals surface area contributed by atoms with Crippen LogP contribution in [0.25, 0.3) is 0 Å². The van der Waals surface area contributed by atoms with Crippen LogP contribution >= 0.6 is 0 Å². The van der Waals surface area contributed by atoms with E-state index in [9.17, 15) is 13.2 Å². The third-order valence-corrected chi connectivity index (χ3v) is 3.54. The minimum absolute atomic E-state index is 0.136. The van der Waals surface area contributed by atoms with Crippen LogP contribution in [0.5, 0.6) is 5.75 Å². The molecule has 0 aliphatic rings. The number of rotatable bonds is 7. The van der Waals surface area contributed by atoms with Crippen molar-refractivity contribution >= 4 is 16.0 Å². The Labute approximate surface area is 125 Å². The van der Waals surface area contributed by atoms with Crippen molar-refractivity contribution in [3.8, 4) is 5.75 Å². The molecule has 21 heavy (non-hydrogen) atoms. The Kier molecular flexibility index (Phi) is 6.17. The van der Waals surface area contributed by atoms with E-state index in [4.69, 9.17) is 9.29 Å². The van der Waals surface area contributed by atoms with Crippen molar-refractivity contribution in [1.82, 2.24) is 5.32 Å². The monoisotopic (exact) mass is 315 g/mol. The highest BCUT2D eigenvalue weighted by atomic mass is 32.2. The lowest BCUT2D eigenvalue weighted by atomic mass is 9.99. The molecule has 1 rings (SSSR count). The molecule has 1 amide bonds. The average Bonchev–Trinajstić information content (AvgIpc) is 2.36. The van der Waals surface area contributed by atoms with Crippen molar-refractivity contribution in [1.29, 1.82) is 0 Å². The number of ether oxygens (including phenoxy) is 1. The molecule has 0 aliphatic heterocycles. The molecule has 0 bridgehead atoms. The van der Waals surface area contributed by atoms with E-state index in [1.54, 1.807) is 25.3 Å². The van der Waals surface area contributed by atoms with E-state index < -0.39 is 15.9 Å². The van der Waals surface area contributed by atoms with Crippen molar-refractivity contribution in [3.63, 3.8) is 0 Å². The third-order valence-electron chi connectivity index (χ3n) is 2.82. The van der Waals surface area contributed by atoms with Crippen LogP contribution in [0, 0.1) is 5.92 Å². The summed E-state index contributed by atoms with van der Waals surface area (Å²) in [5, 5.41) is 2.45. The van der Waals surface area contributed by atoms with Crippen LogP contribution in [-0.2, 0) is 16.5 Å². The van der Waals surface area contributed by atoms with Crippen LogP contribution in [0.1, 0.15) is 29.8 Å². The predicted molar refractivity (Wildman–Crippen MR) is 80.3 cm³/mol. The summed E-state index contributed by atoms with van der Waals surface area (Å²) in [6.07, 6.45) is 0.773. The van der Waals surface area contributed by atoms with Gasteiger partial charge in [-0.05, 0) is 36.1 Å². The van der Waals surface area contributed by atoms with Gasteiger partial charge in [-0.3, -0.25) is 9.35 Å².